The van der Waals surface area contributed by atoms with Gasteiger partial charge in [0.1, 0.15) is 17.1 Å². The number of phenolic OH excluding ortho intramolecular Hbond substituents is 1. The number of amides is 1. The Morgan fingerprint density at radius 1 is 1.45 bits per heavy atom. The molecule has 1 aliphatic rings. The molecular formula is C14H18BNO6. The number of nitrogens with one attached hydrogen (secondary N) is 1. The lowest BCUT2D eigenvalue weighted by molar-refractivity contribution is -0.121. The van der Waals surface area contributed by atoms with E-state index in [1.807, 2.05) is 0 Å². The van der Waals surface area contributed by atoms with Crippen molar-refractivity contribution in [1.29, 1.82) is 0 Å². The average molecular weight is 307 g/mol. The number of phenols is 1. The topological polar surface area (TPSA) is 105 Å². The third-order valence-electron chi connectivity index (χ3n) is 3.39. The van der Waals surface area contributed by atoms with Gasteiger partial charge in [-0.05, 0) is 25.0 Å². The van der Waals surface area contributed by atoms with E-state index in [9.17, 15) is 19.7 Å². The number of rotatable bonds is 4. The number of carbonyl (C=O) groups is 2. The monoisotopic (exact) mass is 307 g/mol. The van der Waals surface area contributed by atoms with Crippen LogP contribution < -0.4 is 9.97 Å². The standard InChI is InChI=1S/C14H18BNO6/c1-3-11(18)16-10-7-8-5-6-9(17)12(14(19)21-4-2)13(8)22-15(10)20/h5-6,10,17,20H,3-4,7H2,1-2H3,(H,16,18). The van der Waals surface area contributed by atoms with E-state index in [-0.39, 0.29) is 36.0 Å². The summed E-state index contributed by atoms with van der Waals surface area (Å²) in [6.07, 6.45) is 0.578. The first-order valence-corrected chi connectivity index (χ1v) is 7.13. The molecule has 1 amide bonds. The third-order valence-corrected chi connectivity index (χ3v) is 3.39. The van der Waals surface area contributed by atoms with Gasteiger partial charge in [0.05, 0.1) is 12.5 Å². The van der Waals surface area contributed by atoms with Crippen LogP contribution in [0.3, 0.4) is 0 Å². The molecule has 0 bridgehead atoms. The van der Waals surface area contributed by atoms with Crippen LogP contribution in [0.15, 0.2) is 12.1 Å². The Morgan fingerprint density at radius 3 is 2.82 bits per heavy atom. The van der Waals surface area contributed by atoms with Gasteiger partial charge in [-0.15, -0.1) is 0 Å². The molecule has 1 heterocycles. The molecule has 1 unspecified atom stereocenters. The van der Waals surface area contributed by atoms with E-state index in [2.05, 4.69) is 5.32 Å². The Kier molecular flexibility index (Phi) is 4.92. The zero-order chi connectivity index (χ0) is 16.3. The Labute approximate surface area is 128 Å². The fourth-order valence-corrected chi connectivity index (χ4v) is 2.28. The zero-order valence-electron chi connectivity index (χ0n) is 12.5. The van der Waals surface area contributed by atoms with Crippen LogP contribution in [-0.4, -0.2) is 41.7 Å². The van der Waals surface area contributed by atoms with Crippen molar-refractivity contribution in [2.24, 2.45) is 0 Å². The number of esters is 1. The van der Waals surface area contributed by atoms with Gasteiger partial charge < -0.3 is 24.8 Å². The van der Waals surface area contributed by atoms with Gasteiger partial charge in [0, 0.05) is 6.42 Å². The first-order chi connectivity index (χ1) is 10.5. The first-order valence-electron chi connectivity index (χ1n) is 7.13. The van der Waals surface area contributed by atoms with Crippen molar-refractivity contribution in [3.8, 4) is 11.5 Å². The van der Waals surface area contributed by atoms with Gasteiger partial charge in [-0.2, -0.15) is 0 Å². The van der Waals surface area contributed by atoms with Crippen molar-refractivity contribution in [2.45, 2.75) is 32.6 Å². The van der Waals surface area contributed by atoms with Crippen LogP contribution in [0.5, 0.6) is 11.5 Å². The smallest absolute Gasteiger partial charge is 0.534 e. The highest BCUT2D eigenvalue weighted by Gasteiger charge is 2.38. The highest BCUT2D eigenvalue weighted by atomic mass is 16.5. The molecule has 7 nitrogen and oxygen atoms in total. The Hall–Kier alpha value is -2.22. The number of hydrogen-bond donors (Lipinski definition) is 3. The molecule has 2 rings (SSSR count). The third kappa shape index (κ3) is 3.17. The van der Waals surface area contributed by atoms with Gasteiger partial charge in [0.25, 0.3) is 0 Å². The second-order valence-electron chi connectivity index (χ2n) is 4.91. The molecule has 0 spiro atoms. The molecule has 8 heteroatoms. The molecule has 1 aromatic rings. The first kappa shape index (κ1) is 16.2. The summed E-state index contributed by atoms with van der Waals surface area (Å²) in [6, 6.07) is 2.95. The van der Waals surface area contributed by atoms with E-state index < -0.39 is 19.0 Å². The Balaban J connectivity index is 2.32. The molecule has 0 saturated heterocycles. The second-order valence-corrected chi connectivity index (χ2v) is 4.91. The molecular weight excluding hydrogens is 289 g/mol. The van der Waals surface area contributed by atoms with Crippen molar-refractivity contribution in [1.82, 2.24) is 5.32 Å². The van der Waals surface area contributed by atoms with Gasteiger partial charge in [0.15, 0.2) is 0 Å². The summed E-state index contributed by atoms with van der Waals surface area (Å²) in [5, 5.41) is 22.5. The molecule has 0 fully saturated rings. The molecule has 1 atom stereocenters. The molecule has 3 N–H and O–H groups in total. The minimum Gasteiger partial charge on any atom is -0.534 e. The lowest BCUT2D eigenvalue weighted by Crippen LogP contribution is -2.53. The number of carbonyl (C=O) groups excluding carboxylic acids is 2. The summed E-state index contributed by atoms with van der Waals surface area (Å²) >= 11 is 0. The van der Waals surface area contributed by atoms with Crippen LogP contribution in [0.25, 0.3) is 0 Å². The molecule has 0 aliphatic carbocycles. The van der Waals surface area contributed by atoms with Crippen molar-refractivity contribution >= 4 is 19.0 Å². The zero-order valence-corrected chi connectivity index (χ0v) is 12.5. The van der Waals surface area contributed by atoms with E-state index >= 15 is 0 Å². The van der Waals surface area contributed by atoms with Crippen LogP contribution in [0.4, 0.5) is 0 Å². The van der Waals surface area contributed by atoms with Gasteiger partial charge in [-0.25, -0.2) is 4.79 Å². The van der Waals surface area contributed by atoms with Crippen molar-refractivity contribution < 1.29 is 29.1 Å². The number of benzene rings is 1. The largest absolute Gasteiger partial charge is 0.547 e. The number of aromatic hydroxyl groups is 1. The van der Waals surface area contributed by atoms with Crippen molar-refractivity contribution in [3.63, 3.8) is 0 Å². The van der Waals surface area contributed by atoms with E-state index in [4.69, 9.17) is 9.39 Å². The summed E-state index contributed by atoms with van der Waals surface area (Å²) in [5.74, 6) is -1.73. The van der Waals surface area contributed by atoms with Gasteiger partial charge in [-0.3, -0.25) is 4.79 Å². The van der Waals surface area contributed by atoms with Crippen molar-refractivity contribution in [2.75, 3.05) is 6.61 Å². The SMILES string of the molecule is CCOC(=O)c1c(O)ccc2c1OB(O)C(NC(=O)CC)C2. The lowest BCUT2D eigenvalue weighted by atomic mass is 9.72. The number of fused-ring (bicyclic) bond motifs is 1. The summed E-state index contributed by atoms with van der Waals surface area (Å²) in [7, 11) is -1.31. The number of hydrogen-bond acceptors (Lipinski definition) is 6. The van der Waals surface area contributed by atoms with Gasteiger partial charge in [-0.1, -0.05) is 13.0 Å². The van der Waals surface area contributed by atoms with Crippen molar-refractivity contribution in [3.05, 3.63) is 23.3 Å². The quantitative estimate of drug-likeness (QED) is 0.550. The maximum Gasteiger partial charge on any atom is 0.547 e. The molecule has 22 heavy (non-hydrogen) atoms. The minimum absolute atomic E-state index is 0.0907. The maximum atomic E-state index is 11.9. The fraction of sp³-hybridized carbons (Fsp3) is 0.429. The predicted octanol–water partition coefficient (Wildman–Crippen LogP) is 0.418. The minimum atomic E-state index is -1.31. The molecule has 0 aromatic heterocycles. The van der Waals surface area contributed by atoms with Crippen LogP contribution in [0.1, 0.15) is 36.2 Å². The van der Waals surface area contributed by atoms with Crippen LogP contribution in [-0.2, 0) is 16.0 Å². The van der Waals surface area contributed by atoms with E-state index in [0.717, 1.165) is 0 Å². The highest BCUT2D eigenvalue weighted by molar-refractivity contribution is 6.47. The molecule has 118 valence electrons. The normalized spacial score (nSPS) is 16.5. The van der Waals surface area contributed by atoms with E-state index in [0.29, 0.717) is 12.0 Å². The predicted molar refractivity (Wildman–Crippen MR) is 78.6 cm³/mol. The average Bonchev–Trinajstić information content (AvgIpc) is 2.48. The second kappa shape index (κ2) is 6.70. The molecule has 0 radical (unpaired) electrons. The van der Waals surface area contributed by atoms with E-state index in [1.54, 1.807) is 19.9 Å². The lowest BCUT2D eigenvalue weighted by Gasteiger charge is -2.29. The van der Waals surface area contributed by atoms with Crippen LogP contribution in [0, 0.1) is 0 Å². The summed E-state index contributed by atoms with van der Waals surface area (Å²) in [5.41, 5.74) is 0.492. The summed E-state index contributed by atoms with van der Waals surface area (Å²) < 4.78 is 10.2. The van der Waals surface area contributed by atoms with E-state index in [1.165, 1.54) is 6.07 Å². The Bertz CT molecular complexity index is 591. The van der Waals surface area contributed by atoms with Gasteiger partial charge in [0.2, 0.25) is 5.91 Å². The molecule has 0 saturated carbocycles. The highest BCUT2D eigenvalue weighted by Crippen LogP contribution is 2.36. The van der Waals surface area contributed by atoms with Crippen LogP contribution >= 0.6 is 0 Å². The molecule has 1 aliphatic heterocycles. The fourth-order valence-electron chi connectivity index (χ4n) is 2.28. The number of ether oxygens (including phenoxy) is 1. The Morgan fingerprint density at radius 2 is 2.18 bits per heavy atom. The summed E-state index contributed by atoms with van der Waals surface area (Å²) in [6.45, 7) is 3.51. The van der Waals surface area contributed by atoms with Gasteiger partial charge >= 0.3 is 13.1 Å². The molecule has 1 aromatic carbocycles. The van der Waals surface area contributed by atoms with Crippen LogP contribution in [0.2, 0.25) is 0 Å². The maximum absolute atomic E-state index is 11.9. The summed E-state index contributed by atoms with van der Waals surface area (Å²) in [4.78, 5) is 23.4.